The SMILES string of the molecule is CCCCCCl.Cn1ccc(Cl)n1. The maximum absolute atomic E-state index is 5.43. The Balaban J connectivity index is 0.000000226. The molecule has 76 valence electrons. The maximum atomic E-state index is 5.43. The van der Waals surface area contributed by atoms with Gasteiger partial charge >= 0.3 is 0 Å². The van der Waals surface area contributed by atoms with Crippen molar-refractivity contribution in [1.82, 2.24) is 9.78 Å². The van der Waals surface area contributed by atoms with Crippen molar-refractivity contribution in [3.05, 3.63) is 17.4 Å². The van der Waals surface area contributed by atoms with E-state index >= 15 is 0 Å². The van der Waals surface area contributed by atoms with Gasteiger partial charge in [0.25, 0.3) is 0 Å². The van der Waals surface area contributed by atoms with E-state index in [9.17, 15) is 0 Å². The van der Waals surface area contributed by atoms with E-state index in [1.54, 1.807) is 16.9 Å². The van der Waals surface area contributed by atoms with Crippen molar-refractivity contribution in [2.45, 2.75) is 26.2 Å². The molecule has 2 nitrogen and oxygen atoms in total. The van der Waals surface area contributed by atoms with Gasteiger partial charge in [-0.25, -0.2) is 0 Å². The summed E-state index contributed by atoms with van der Waals surface area (Å²) in [6.07, 6.45) is 5.52. The second-order valence-corrected chi connectivity index (χ2v) is 3.47. The molecule has 0 aliphatic carbocycles. The van der Waals surface area contributed by atoms with E-state index in [1.165, 1.54) is 19.3 Å². The smallest absolute Gasteiger partial charge is 0.151 e. The maximum Gasteiger partial charge on any atom is 0.151 e. The van der Waals surface area contributed by atoms with E-state index in [4.69, 9.17) is 23.2 Å². The van der Waals surface area contributed by atoms with Crippen LogP contribution in [0.25, 0.3) is 0 Å². The summed E-state index contributed by atoms with van der Waals surface area (Å²) in [6, 6.07) is 1.74. The molecular weight excluding hydrogens is 207 g/mol. The largest absolute Gasteiger partial charge is 0.274 e. The summed E-state index contributed by atoms with van der Waals surface area (Å²) in [5, 5.41) is 4.34. The Kier molecular flexibility index (Phi) is 8.26. The van der Waals surface area contributed by atoms with Gasteiger partial charge in [0.1, 0.15) is 0 Å². The number of aryl methyl sites for hydroxylation is 1. The molecule has 0 amide bonds. The van der Waals surface area contributed by atoms with Crippen LogP contribution in [-0.2, 0) is 7.05 Å². The van der Waals surface area contributed by atoms with Crippen LogP contribution in [0.1, 0.15) is 26.2 Å². The topological polar surface area (TPSA) is 17.8 Å². The normalized spacial score (nSPS) is 9.23. The Bertz CT molecular complexity index is 191. The van der Waals surface area contributed by atoms with Gasteiger partial charge in [0, 0.05) is 19.1 Å². The first-order chi connectivity index (χ1) is 6.20. The van der Waals surface area contributed by atoms with Crippen LogP contribution in [0.4, 0.5) is 0 Å². The highest BCUT2D eigenvalue weighted by Gasteiger charge is 1.84. The molecule has 0 atom stereocenters. The third-order valence-corrected chi connectivity index (χ3v) is 1.89. The highest BCUT2D eigenvalue weighted by molar-refractivity contribution is 6.29. The van der Waals surface area contributed by atoms with E-state index < -0.39 is 0 Å². The summed E-state index contributed by atoms with van der Waals surface area (Å²) in [7, 11) is 1.83. The van der Waals surface area contributed by atoms with Gasteiger partial charge < -0.3 is 0 Å². The number of unbranched alkanes of at least 4 members (excludes halogenated alkanes) is 2. The fourth-order valence-electron chi connectivity index (χ4n) is 0.731. The molecule has 0 radical (unpaired) electrons. The van der Waals surface area contributed by atoms with Gasteiger partial charge in [-0.3, -0.25) is 4.68 Å². The zero-order valence-electron chi connectivity index (χ0n) is 8.13. The van der Waals surface area contributed by atoms with Gasteiger partial charge in [-0.2, -0.15) is 5.10 Å². The van der Waals surface area contributed by atoms with Crippen LogP contribution in [0.3, 0.4) is 0 Å². The second kappa shape index (κ2) is 8.39. The minimum Gasteiger partial charge on any atom is -0.274 e. The molecule has 0 saturated heterocycles. The lowest BCUT2D eigenvalue weighted by Gasteiger charge is -1.84. The molecule has 1 aromatic heterocycles. The van der Waals surface area contributed by atoms with Gasteiger partial charge in [0.2, 0.25) is 0 Å². The Hall–Kier alpha value is -0.210. The first-order valence-corrected chi connectivity index (χ1v) is 5.33. The van der Waals surface area contributed by atoms with E-state index in [1.807, 2.05) is 7.05 Å². The first-order valence-electron chi connectivity index (χ1n) is 4.41. The Morgan fingerprint density at radius 1 is 1.46 bits per heavy atom. The summed E-state index contributed by atoms with van der Waals surface area (Å²) in [4.78, 5) is 0. The first kappa shape index (κ1) is 12.8. The second-order valence-electron chi connectivity index (χ2n) is 2.71. The van der Waals surface area contributed by atoms with Crippen molar-refractivity contribution >= 4 is 23.2 Å². The molecule has 0 aromatic carbocycles. The monoisotopic (exact) mass is 222 g/mol. The lowest BCUT2D eigenvalue weighted by Crippen LogP contribution is -1.84. The third kappa shape index (κ3) is 8.13. The molecule has 0 aliphatic rings. The van der Waals surface area contributed by atoms with Gasteiger partial charge in [0.15, 0.2) is 5.15 Å². The molecule has 0 spiro atoms. The van der Waals surface area contributed by atoms with E-state index in [-0.39, 0.29) is 0 Å². The third-order valence-electron chi connectivity index (χ3n) is 1.42. The van der Waals surface area contributed by atoms with Crippen LogP contribution in [0.2, 0.25) is 5.15 Å². The van der Waals surface area contributed by atoms with Crippen LogP contribution in [0, 0.1) is 0 Å². The number of alkyl halides is 1. The molecular formula is C9H16Cl2N2. The van der Waals surface area contributed by atoms with Crippen molar-refractivity contribution in [2.75, 3.05) is 5.88 Å². The van der Waals surface area contributed by atoms with Crippen molar-refractivity contribution in [2.24, 2.45) is 7.05 Å². The minimum absolute atomic E-state index is 0.544. The van der Waals surface area contributed by atoms with Crippen molar-refractivity contribution in [3.63, 3.8) is 0 Å². The average molecular weight is 223 g/mol. The van der Waals surface area contributed by atoms with Gasteiger partial charge in [0.05, 0.1) is 0 Å². The zero-order chi connectivity index (χ0) is 10.1. The minimum atomic E-state index is 0.544. The predicted molar refractivity (Wildman–Crippen MR) is 58.5 cm³/mol. The standard InChI is InChI=1S/C5H11Cl.C4H5ClN2/c1-2-3-4-5-6;1-7-3-2-4(5)6-7/h2-5H2,1H3;2-3H,1H3. The van der Waals surface area contributed by atoms with Crippen molar-refractivity contribution < 1.29 is 0 Å². The summed E-state index contributed by atoms with van der Waals surface area (Å²) in [5.74, 6) is 0.827. The summed E-state index contributed by atoms with van der Waals surface area (Å²) >= 11 is 10.8. The fraction of sp³-hybridized carbons (Fsp3) is 0.667. The van der Waals surface area contributed by atoms with E-state index in [0.717, 1.165) is 5.88 Å². The number of hydrogen-bond donors (Lipinski definition) is 0. The Morgan fingerprint density at radius 3 is 2.31 bits per heavy atom. The molecule has 1 rings (SSSR count). The highest BCUT2D eigenvalue weighted by atomic mass is 35.5. The number of nitrogens with zero attached hydrogens (tertiary/aromatic N) is 2. The lowest BCUT2D eigenvalue weighted by atomic mass is 10.3. The van der Waals surface area contributed by atoms with Crippen molar-refractivity contribution in [3.8, 4) is 0 Å². The molecule has 0 saturated carbocycles. The van der Waals surface area contributed by atoms with Crippen LogP contribution >= 0.6 is 23.2 Å². The van der Waals surface area contributed by atoms with E-state index in [2.05, 4.69) is 12.0 Å². The molecule has 0 aliphatic heterocycles. The van der Waals surface area contributed by atoms with Crippen LogP contribution in [-0.4, -0.2) is 15.7 Å². The van der Waals surface area contributed by atoms with Crippen LogP contribution < -0.4 is 0 Å². The molecule has 13 heavy (non-hydrogen) atoms. The summed E-state index contributed by atoms with van der Waals surface area (Å²) in [5.41, 5.74) is 0. The summed E-state index contributed by atoms with van der Waals surface area (Å²) in [6.45, 7) is 2.17. The summed E-state index contributed by atoms with van der Waals surface area (Å²) < 4.78 is 1.66. The van der Waals surface area contributed by atoms with E-state index in [0.29, 0.717) is 5.15 Å². The number of halogens is 2. The fourth-order valence-corrected chi connectivity index (χ4v) is 1.10. The van der Waals surface area contributed by atoms with Crippen molar-refractivity contribution in [1.29, 1.82) is 0 Å². The molecule has 0 N–H and O–H groups in total. The Morgan fingerprint density at radius 2 is 2.15 bits per heavy atom. The molecule has 0 fully saturated rings. The molecule has 1 aromatic rings. The predicted octanol–water partition coefficient (Wildman–Crippen LogP) is 3.49. The number of hydrogen-bond acceptors (Lipinski definition) is 1. The van der Waals surface area contributed by atoms with Gasteiger partial charge in [-0.15, -0.1) is 11.6 Å². The molecule has 0 bridgehead atoms. The highest BCUT2D eigenvalue weighted by Crippen LogP contribution is 1.99. The van der Waals surface area contributed by atoms with Crippen LogP contribution in [0.5, 0.6) is 0 Å². The van der Waals surface area contributed by atoms with Gasteiger partial charge in [-0.1, -0.05) is 31.4 Å². The quantitative estimate of drug-likeness (QED) is 0.566. The average Bonchev–Trinajstić information content (AvgIpc) is 2.47. The Labute approximate surface area is 89.8 Å². The lowest BCUT2D eigenvalue weighted by molar-refractivity contribution is 0.768. The molecule has 4 heteroatoms. The van der Waals surface area contributed by atoms with Crippen LogP contribution in [0.15, 0.2) is 12.3 Å². The van der Waals surface area contributed by atoms with Gasteiger partial charge in [-0.05, 0) is 12.5 Å². The number of aromatic nitrogens is 2. The molecule has 0 unspecified atom stereocenters. The zero-order valence-corrected chi connectivity index (χ0v) is 9.65. The number of rotatable bonds is 3. The molecule has 1 heterocycles.